The quantitative estimate of drug-likeness (QED) is 0.853. The second kappa shape index (κ2) is 7.02. The number of piperazine rings is 1. The fourth-order valence-corrected chi connectivity index (χ4v) is 2.61. The van der Waals surface area contributed by atoms with Crippen LogP contribution in [0, 0.1) is 0 Å². The van der Waals surface area contributed by atoms with E-state index in [1.54, 1.807) is 10.9 Å². The number of carbonyl (C=O) groups is 1. The van der Waals surface area contributed by atoms with Crippen LogP contribution in [-0.2, 0) is 4.79 Å². The number of likely N-dealkylation sites (N-methyl/N-ethyl adjacent to an activating group) is 1. The number of rotatable bonds is 4. The number of ether oxygens (including phenoxy) is 1. The largest absolute Gasteiger partial charge is 0.465 e. The second-order valence-electron chi connectivity index (χ2n) is 5.54. The molecule has 2 aromatic rings. The van der Waals surface area contributed by atoms with Gasteiger partial charge in [-0.25, -0.2) is 4.68 Å². The summed E-state index contributed by atoms with van der Waals surface area (Å²) >= 11 is 6.14. The monoisotopic (exact) mass is 334 g/mol. The zero-order chi connectivity index (χ0) is 16.2. The summed E-state index contributed by atoms with van der Waals surface area (Å²) in [6.45, 7) is 3.18. The van der Waals surface area contributed by atoms with E-state index in [-0.39, 0.29) is 18.4 Å². The van der Waals surface area contributed by atoms with Crippen molar-refractivity contribution in [2.75, 3.05) is 39.8 Å². The molecule has 1 amide bonds. The molecule has 1 aliphatic heterocycles. The Morgan fingerprint density at radius 2 is 1.91 bits per heavy atom. The summed E-state index contributed by atoms with van der Waals surface area (Å²) in [6.07, 6.45) is 1.67. The second-order valence-corrected chi connectivity index (χ2v) is 5.94. The number of benzene rings is 1. The highest BCUT2D eigenvalue weighted by atomic mass is 35.5. The number of hydrogen-bond donors (Lipinski definition) is 0. The summed E-state index contributed by atoms with van der Waals surface area (Å²) < 4.78 is 7.15. The molecule has 0 N–H and O–H groups in total. The third-order valence-electron chi connectivity index (χ3n) is 3.85. The van der Waals surface area contributed by atoms with Crippen LogP contribution < -0.4 is 4.74 Å². The summed E-state index contributed by atoms with van der Waals surface area (Å²) in [5.74, 6) is 0.237. The Balaban J connectivity index is 1.60. The van der Waals surface area contributed by atoms with Crippen LogP contribution in [-0.4, -0.2) is 65.3 Å². The van der Waals surface area contributed by atoms with Crippen LogP contribution in [0.5, 0.6) is 5.88 Å². The zero-order valence-corrected chi connectivity index (χ0v) is 13.7. The number of halogens is 1. The van der Waals surface area contributed by atoms with Gasteiger partial charge in [-0.1, -0.05) is 29.8 Å². The Morgan fingerprint density at radius 1 is 1.22 bits per heavy atom. The highest BCUT2D eigenvalue weighted by molar-refractivity contribution is 6.31. The van der Waals surface area contributed by atoms with Crippen LogP contribution in [0.3, 0.4) is 0 Å². The van der Waals surface area contributed by atoms with Crippen LogP contribution in [0.4, 0.5) is 0 Å². The van der Waals surface area contributed by atoms with Crippen LogP contribution >= 0.6 is 11.6 Å². The number of carbonyl (C=O) groups excluding carboxylic acids is 1. The maximum atomic E-state index is 12.2. The summed E-state index contributed by atoms with van der Waals surface area (Å²) in [4.78, 5) is 16.2. The van der Waals surface area contributed by atoms with E-state index in [2.05, 4.69) is 10.00 Å². The van der Waals surface area contributed by atoms with Gasteiger partial charge >= 0.3 is 0 Å². The third-order valence-corrected chi connectivity index (χ3v) is 4.11. The number of nitrogens with zero attached hydrogens (tertiary/aromatic N) is 4. The van der Waals surface area contributed by atoms with Gasteiger partial charge in [0.05, 0.1) is 11.9 Å². The number of amides is 1. The molecule has 0 bridgehead atoms. The normalized spacial score (nSPS) is 15.7. The highest BCUT2D eigenvalue weighted by Gasteiger charge is 2.20. The maximum absolute atomic E-state index is 12.2. The van der Waals surface area contributed by atoms with Gasteiger partial charge in [-0.3, -0.25) is 4.79 Å². The fourth-order valence-electron chi connectivity index (χ4n) is 2.43. The summed E-state index contributed by atoms with van der Waals surface area (Å²) in [5.41, 5.74) is 0.884. The third kappa shape index (κ3) is 3.83. The van der Waals surface area contributed by atoms with E-state index >= 15 is 0 Å². The average Bonchev–Trinajstić information content (AvgIpc) is 2.95. The van der Waals surface area contributed by atoms with Gasteiger partial charge < -0.3 is 14.5 Å². The Bertz CT molecular complexity index is 666. The Morgan fingerprint density at radius 3 is 2.61 bits per heavy atom. The van der Waals surface area contributed by atoms with Crippen molar-refractivity contribution in [2.24, 2.45) is 0 Å². The lowest BCUT2D eigenvalue weighted by Gasteiger charge is -2.32. The van der Waals surface area contributed by atoms with E-state index in [0.717, 1.165) is 31.9 Å². The van der Waals surface area contributed by atoms with Crippen LogP contribution in [0.1, 0.15) is 0 Å². The molecule has 2 heterocycles. The SMILES string of the molecule is CN1CCN(C(=O)COc2nn(-c3ccccc3)cc2Cl)CC1. The van der Waals surface area contributed by atoms with Gasteiger partial charge in [0.2, 0.25) is 0 Å². The van der Waals surface area contributed by atoms with Crippen LogP contribution in [0.15, 0.2) is 36.5 Å². The van der Waals surface area contributed by atoms with Crippen molar-refractivity contribution in [2.45, 2.75) is 0 Å². The van der Waals surface area contributed by atoms with E-state index < -0.39 is 0 Å². The molecule has 7 heteroatoms. The van der Waals surface area contributed by atoms with Gasteiger partial charge in [-0.15, -0.1) is 5.10 Å². The molecular formula is C16H19ClN4O2. The lowest BCUT2D eigenvalue weighted by Crippen LogP contribution is -2.48. The molecule has 0 radical (unpaired) electrons. The molecule has 0 unspecified atom stereocenters. The Hall–Kier alpha value is -2.05. The van der Waals surface area contributed by atoms with Crippen molar-refractivity contribution < 1.29 is 9.53 Å². The van der Waals surface area contributed by atoms with Gasteiger partial charge in [0.25, 0.3) is 11.8 Å². The average molecular weight is 335 g/mol. The van der Waals surface area contributed by atoms with Gasteiger partial charge in [-0.2, -0.15) is 0 Å². The van der Waals surface area contributed by atoms with E-state index in [1.807, 2.05) is 42.3 Å². The van der Waals surface area contributed by atoms with Crippen molar-refractivity contribution >= 4 is 17.5 Å². The van der Waals surface area contributed by atoms with Gasteiger partial charge in [0, 0.05) is 26.2 Å². The smallest absolute Gasteiger partial charge is 0.260 e. The van der Waals surface area contributed by atoms with Gasteiger partial charge in [0.15, 0.2) is 6.61 Å². The van der Waals surface area contributed by atoms with Crippen LogP contribution in [0.2, 0.25) is 5.02 Å². The van der Waals surface area contributed by atoms with Crippen molar-refractivity contribution in [3.8, 4) is 11.6 Å². The van der Waals surface area contributed by atoms with E-state index in [1.165, 1.54) is 0 Å². The summed E-state index contributed by atoms with van der Waals surface area (Å²) in [6, 6.07) is 9.61. The minimum absolute atomic E-state index is 0.0385. The predicted molar refractivity (Wildman–Crippen MR) is 88.1 cm³/mol. The molecular weight excluding hydrogens is 316 g/mol. The lowest BCUT2D eigenvalue weighted by molar-refractivity contribution is -0.135. The molecule has 23 heavy (non-hydrogen) atoms. The molecule has 1 aromatic carbocycles. The van der Waals surface area contributed by atoms with Crippen molar-refractivity contribution in [1.82, 2.24) is 19.6 Å². The topological polar surface area (TPSA) is 50.6 Å². The first-order valence-corrected chi connectivity index (χ1v) is 7.91. The fraction of sp³-hybridized carbons (Fsp3) is 0.375. The van der Waals surface area contributed by atoms with Crippen molar-refractivity contribution in [3.63, 3.8) is 0 Å². The summed E-state index contributed by atoms with van der Waals surface area (Å²) in [5, 5.41) is 4.68. The minimum atomic E-state index is -0.0464. The number of hydrogen-bond acceptors (Lipinski definition) is 4. The molecule has 0 aliphatic carbocycles. The first-order chi connectivity index (χ1) is 11.1. The molecule has 0 saturated carbocycles. The van der Waals surface area contributed by atoms with E-state index in [0.29, 0.717) is 5.02 Å². The molecule has 3 rings (SSSR count). The molecule has 122 valence electrons. The molecule has 1 aromatic heterocycles. The maximum Gasteiger partial charge on any atom is 0.260 e. The predicted octanol–water partition coefficient (Wildman–Crippen LogP) is 1.68. The van der Waals surface area contributed by atoms with E-state index in [4.69, 9.17) is 16.3 Å². The lowest BCUT2D eigenvalue weighted by atomic mass is 10.3. The molecule has 1 saturated heterocycles. The molecule has 0 spiro atoms. The minimum Gasteiger partial charge on any atom is -0.465 e. The van der Waals surface area contributed by atoms with Crippen molar-refractivity contribution in [3.05, 3.63) is 41.6 Å². The Kier molecular flexibility index (Phi) is 4.83. The van der Waals surface area contributed by atoms with Crippen molar-refractivity contribution in [1.29, 1.82) is 0 Å². The van der Waals surface area contributed by atoms with Gasteiger partial charge in [0.1, 0.15) is 5.02 Å². The molecule has 1 aliphatic rings. The number of aromatic nitrogens is 2. The highest BCUT2D eigenvalue weighted by Crippen LogP contribution is 2.24. The Labute approximate surface area is 140 Å². The molecule has 6 nitrogen and oxygen atoms in total. The first-order valence-electron chi connectivity index (χ1n) is 7.53. The standard InChI is InChI=1S/C16H19ClN4O2/c1-19-7-9-20(10-8-19)15(22)12-23-16-14(17)11-21(18-16)13-5-3-2-4-6-13/h2-6,11H,7-10,12H2,1H3. The number of para-hydroxylation sites is 1. The molecule has 1 fully saturated rings. The van der Waals surface area contributed by atoms with Gasteiger partial charge in [-0.05, 0) is 19.2 Å². The zero-order valence-electron chi connectivity index (χ0n) is 13.0. The van der Waals surface area contributed by atoms with Crippen LogP contribution in [0.25, 0.3) is 5.69 Å². The first kappa shape index (κ1) is 15.8. The van der Waals surface area contributed by atoms with E-state index in [9.17, 15) is 4.79 Å². The molecule has 0 atom stereocenters. The summed E-state index contributed by atoms with van der Waals surface area (Å²) in [7, 11) is 2.05.